The Kier molecular flexibility index (Phi) is 4.63. The van der Waals surface area contributed by atoms with E-state index in [2.05, 4.69) is 35.6 Å². The average molecular weight is 289 g/mol. The van der Waals surface area contributed by atoms with Crippen LogP contribution in [0, 0.1) is 0 Å². The van der Waals surface area contributed by atoms with E-state index in [1.807, 2.05) is 6.92 Å². The fourth-order valence-electron chi connectivity index (χ4n) is 3.68. The van der Waals surface area contributed by atoms with Gasteiger partial charge in [0, 0.05) is 25.6 Å². The molecule has 2 N–H and O–H groups in total. The zero-order valence-corrected chi connectivity index (χ0v) is 12.9. The van der Waals surface area contributed by atoms with E-state index in [-0.39, 0.29) is 6.10 Å². The molecule has 0 bridgehead atoms. The van der Waals surface area contributed by atoms with Crippen LogP contribution in [0.1, 0.15) is 50.5 Å². The number of hydrogen-bond acceptors (Lipinski definition) is 3. The van der Waals surface area contributed by atoms with E-state index in [9.17, 15) is 5.11 Å². The van der Waals surface area contributed by atoms with Crippen molar-refractivity contribution in [1.29, 1.82) is 0 Å². The van der Waals surface area contributed by atoms with Crippen LogP contribution in [0.3, 0.4) is 0 Å². The van der Waals surface area contributed by atoms with Gasteiger partial charge in [-0.25, -0.2) is 0 Å². The summed E-state index contributed by atoms with van der Waals surface area (Å²) in [6.45, 7) is 3.32. The third-order valence-corrected chi connectivity index (χ3v) is 5.35. The number of hydrogen-bond donors (Lipinski definition) is 2. The summed E-state index contributed by atoms with van der Waals surface area (Å²) in [5, 5.41) is 14.1. The van der Waals surface area contributed by atoms with E-state index in [4.69, 9.17) is 4.74 Å². The monoisotopic (exact) mass is 289 g/mol. The van der Waals surface area contributed by atoms with Gasteiger partial charge in [0.15, 0.2) is 0 Å². The molecule has 1 saturated carbocycles. The molecular weight excluding hydrogens is 262 g/mol. The molecule has 3 rings (SSSR count). The Morgan fingerprint density at radius 1 is 1.19 bits per heavy atom. The summed E-state index contributed by atoms with van der Waals surface area (Å²) in [5.74, 6) is 0.709. The maximum absolute atomic E-state index is 10.5. The highest BCUT2D eigenvalue weighted by molar-refractivity contribution is 5.20. The molecule has 1 aliphatic carbocycles. The minimum atomic E-state index is -0.670. The van der Waals surface area contributed by atoms with Gasteiger partial charge in [-0.2, -0.15) is 0 Å². The first-order valence-electron chi connectivity index (χ1n) is 8.30. The van der Waals surface area contributed by atoms with Gasteiger partial charge in [-0.1, -0.05) is 30.3 Å². The second-order valence-corrected chi connectivity index (χ2v) is 6.71. The lowest BCUT2D eigenvalue weighted by Gasteiger charge is -2.33. The Balaban J connectivity index is 1.46. The standard InChI is InChI=1S/C18H27NO2/c1-14-18(20,11-12-21-14)13-19-17-9-7-16(8-10-17)15-5-3-2-4-6-15/h2-6,14,16-17,19-20H,7-13H2,1H3. The van der Waals surface area contributed by atoms with Crippen molar-refractivity contribution in [1.82, 2.24) is 5.32 Å². The number of ether oxygens (including phenoxy) is 1. The fourth-order valence-corrected chi connectivity index (χ4v) is 3.68. The fraction of sp³-hybridized carbons (Fsp3) is 0.667. The molecule has 1 aromatic carbocycles. The molecular formula is C18H27NO2. The molecule has 116 valence electrons. The topological polar surface area (TPSA) is 41.5 Å². The van der Waals surface area contributed by atoms with E-state index >= 15 is 0 Å². The normalized spacial score (nSPS) is 36.8. The van der Waals surface area contributed by atoms with Crippen molar-refractivity contribution in [2.24, 2.45) is 0 Å². The van der Waals surface area contributed by atoms with Crippen LogP contribution in [0.5, 0.6) is 0 Å². The SMILES string of the molecule is CC1OCCC1(O)CNC1CCC(c2ccccc2)CC1. The van der Waals surface area contributed by atoms with Crippen LogP contribution < -0.4 is 5.32 Å². The summed E-state index contributed by atoms with van der Waals surface area (Å²) in [6, 6.07) is 11.4. The molecule has 1 aromatic rings. The Hall–Kier alpha value is -0.900. The second kappa shape index (κ2) is 6.47. The van der Waals surface area contributed by atoms with Crippen molar-refractivity contribution < 1.29 is 9.84 Å². The van der Waals surface area contributed by atoms with Crippen LogP contribution >= 0.6 is 0 Å². The van der Waals surface area contributed by atoms with Crippen LogP contribution in [-0.4, -0.2) is 36.0 Å². The van der Waals surface area contributed by atoms with Crippen LogP contribution in [-0.2, 0) is 4.74 Å². The van der Waals surface area contributed by atoms with Crippen LogP contribution in [0.2, 0.25) is 0 Å². The molecule has 0 aromatic heterocycles. The number of nitrogens with one attached hydrogen (secondary N) is 1. The second-order valence-electron chi connectivity index (χ2n) is 6.71. The molecule has 0 radical (unpaired) electrons. The molecule has 0 amide bonds. The van der Waals surface area contributed by atoms with E-state index < -0.39 is 5.60 Å². The third kappa shape index (κ3) is 3.47. The van der Waals surface area contributed by atoms with Crippen molar-refractivity contribution in [3.05, 3.63) is 35.9 Å². The average Bonchev–Trinajstić information content (AvgIpc) is 2.87. The third-order valence-electron chi connectivity index (χ3n) is 5.35. The summed E-state index contributed by atoms with van der Waals surface area (Å²) in [4.78, 5) is 0. The van der Waals surface area contributed by atoms with E-state index in [1.54, 1.807) is 0 Å². The van der Waals surface area contributed by atoms with Gasteiger partial charge in [0.05, 0.1) is 6.10 Å². The Labute approximate surface area is 127 Å². The van der Waals surface area contributed by atoms with Gasteiger partial charge in [0.25, 0.3) is 0 Å². The molecule has 1 saturated heterocycles. The van der Waals surface area contributed by atoms with Crippen molar-refractivity contribution in [3.8, 4) is 0 Å². The first kappa shape index (κ1) is 15.0. The Bertz CT molecular complexity index is 442. The molecule has 3 heteroatoms. The summed E-state index contributed by atoms with van der Waals surface area (Å²) in [7, 11) is 0. The molecule has 1 heterocycles. The zero-order chi connectivity index (χ0) is 14.7. The molecule has 2 unspecified atom stereocenters. The highest BCUT2D eigenvalue weighted by Crippen LogP contribution is 2.33. The largest absolute Gasteiger partial charge is 0.386 e. The maximum atomic E-state index is 10.5. The lowest BCUT2D eigenvalue weighted by Crippen LogP contribution is -2.49. The number of benzene rings is 1. The van der Waals surface area contributed by atoms with Crippen LogP contribution in [0.25, 0.3) is 0 Å². The van der Waals surface area contributed by atoms with Gasteiger partial charge in [0.1, 0.15) is 5.60 Å². The summed E-state index contributed by atoms with van der Waals surface area (Å²) >= 11 is 0. The van der Waals surface area contributed by atoms with Gasteiger partial charge in [-0.15, -0.1) is 0 Å². The van der Waals surface area contributed by atoms with Crippen LogP contribution in [0.15, 0.2) is 30.3 Å². The van der Waals surface area contributed by atoms with Gasteiger partial charge in [-0.05, 0) is 44.1 Å². The van der Waals surface area contributed by atoms with E-state index in [0.29, 0.717) is 25.1 Å². The number of aliphatic hydroxyl groups is 1. The number of rotatable bonds is 4. The first-order valence-corrected chi connectivity index (χ1v) is 8.30. The van der Waals surface area contributed by atoms with Gasteiger partial charge < -0.3 is 15.2 Å². The Morgan fingerprint density at radius 3 is 2.52 bits per heavy atom. The van der Waals surface area contributed by atoms with Crippen molar-refractivity contribution in [2.75, 3.05) is 13.2 Å². The highest BCUT2D eigenvalue weighted by atomic mass is 16.5. The lowest BCUT2D eigenvalue weighted by atomic mass is 9.81. The molecule has 0 spiro atoms. The molecule has 2 atom stereocenters. The van der Waals surface area contributed by atoms with Gasteiger partial charge >= 0.3 is 0 Å². The molecule has 2 aliphatic rings. The summed E-state index contributed by atoms with van der Waals surface area (Å²) in [6.07, 6.45) is 5.58. The lowest BCUT2D eigenvalue weighted by molar-refractivity contribution is -0.0283. The predicted octanol–water partition coefficient (Wildman–Crippen LogP) is 2.84. The van der Waals surface area contributed by atoms with Gasteiger partial charge in [-0.3, -0.25) is 0 Å². The zero-order valence-electron chi connectivity index (χ0n) is 12.9. The highest BCUT2D eigenvalue weighted by Gasteiger charge is 2.39. The maximum Gasteiger partial charge on any atom is 0.105 e. The summed E-state index contributed by atoms with van der Waals surface area (Å²) < 4.78 is 5.49. The molecule has 1 aliphatic heterocycles. The minimum absolute atomic E-state index is 0.0503. The van der Waals surface area contributed by atoms with Crippen molar-refractivity contribution >= 4 is 0 Å². The molecule has 21 heavy (non-hydrogen) atoms. The summed E-state index contributed by atoms with van der Waals surface area (Å²) in [5.41, 5.74) is 0.809. The van der Waals surface area contributed by atoms with E-state index in [1.165, 1.54) is 31.2 Å². The smallest absolute Gasteiger partial charge is 0.105 e. The molecule has 3 nitrogen and oxygen atoms in total. The molecule has 2 fully saturated rings. The van der Waals surface area contributed by atoms with Gasteiger partial charge in [0.2, 0.25) is 0 Å². The van der Waals surface area contributed by atoms with Crippen molar-refractivity contribution in [3.63, 3.8) is 0 Å². The first-order chi connectivity index (χ1) is 10.2. The van der Waals surface area contributed by atoms with E-state index in [0.717, 1.165) is 6.42 Å². The Morgan fingerprint density at radius 2 is 1.90 bits per heavy atom. The predicted molar refractivity (Wildman–Crippen MR) is 84.4 cm³/mol. The minimum Gasteiger partial charge on any atom is -0.386 e. The van der Waals surface area contributed by atoms with Crippen LogP contribution in [0.4, 0.5) is 0 Å². The van der Waals surface area contributed by atoms with Crippen molar-refractivity contribution in [2.45, 2.75) is 62.7 Å². The quantitative estimate of drug-likeness (QED) is 0.895.